The van der Waals surface area contributed by atoms with Crippen LogP contribution in [0, 0.1) is 23.7 Å². The summed E-state index contributed by atoms with van der Waals surface area (Å²) in [5.41, 5.74) is 7.56. The van der Waals surface area contributed by atoms with Gasteiger partial charge >= 0.3 is 0 Å². The number of nitriles is 1. The quantitative estimate of drug-likeness (QED) is 0.552. The van der Waals surface area contributed by atoms with Crippen molar-refractivity contribution in [3.63, 3.8) is 0 Å². The van der Waals surface area contributed by atoms with Crippen LogP contribution in [0.5, 0.6) is 0 Å². The van der Waals surface area contributed by atoms with Gasteiger partial charge in [0.2, 0.25) is 0 Å². The van der Waals surface area contributed by atoms with Crippen molar-refractivity contribution in [1.29, 1.82) is 5.26 Å². The van der Waals surface area contributed by atoms with Crippen LogP contribution in [0.3, 0.4) is 0 Å². The molecule has 0 saturated carbocycles. The Balaban J connectivity index is 3.77. The van der Waals surface area contributed by atoms with E-state index < -0.39 is 0 Å². The van der Waals surface area contributed by atoms with Gasteiger partial charge in [0, 0.05) is 5.56 Å². The Bertz CT molecular complexity index is 511. The molecule has 2 nitrogen and oxygen atoms in total. The molecule has 0 saturated heterocycles. The maximum Gasteiger partial charge on any atom is 0.102 e. The monoisotopic (exact) mass is 232 g/mol. The van der Waals surface area contributed by atoms with Crippen LogP contribution in [0.15, 0.2) is 6.07 Å². The fourth-order valence-corrected chi connectivity index (χ4v) is 2.10. The molecule has 0 aliphatic rings. The predicted octanol–water partition coefficient (Wildman–Crippen LogP) is 3.07. The Morgan fingerprint density at radius 3 is 2.38 bits per heavy atom. The summed E-state index contributed by atoms with van der Waals surface area (Å²) in [4.78, 5) is 0. The zero-order chi connectivity index (χ0) is 12.5. The number of anilines is 1. The molecule has 1 aromatic carbocycles. The Labute approximate surface area is 101 Å². The highest BCUT2D eigenvalue weighted by molar-refractivity contribution is 6.33. The van der Waals surface area contributed by atoms with Gasteiger partial charge in [0.15, 0.2) is 0 Å². The number of terminal acetylenes is 1. The van der Waals surface area contributed by atoms with E-state index in [4.69, 9.17) is 29.0 Å². The van der Waals surface area contributed by atoms with Gasteiger partial charge in [0.1, 0.15) is 6.07 Å². The molecule has 0 aliphatic carbocycles. The molecular weight excluding hydrogens is 220 g/mol. The topological polar surface area (TPSA) is 49.8 Å². The second kappa shape index (κ2) is 4.08. The molecule has 0 radical (unpaired) electrons. The molecule has 1 aromatic rings. The highest BCUT2D eigenvalue weighted by Gasteiger charge is 2.25. The highest BCUT2D eigenvalue weighted by Crippen LogP contribution is 2.37. The van der Waals surface area contributed by atoms with Gasteiger partial charge in [-0.2, -0.15) is 5.26 Å². The SMILES string of the molecule is C#Cc1cc(N)c(C#N)c(C(C)(C)C)c1Cl. The summed E-state index contributed by atoms with van der Waals surface area (Å²) in [5.74, 6) is 2.48. The highest BCUT2D eigenvalue weighted by atomic mass is 35.5. The third kappa shape index (κ3) is 1.98. The molecule has 0 heterocycles. The Morgan fingerprint density at radius 1 is 1.44 bits per heavy atom. The third-order valence-electron chi connectivity index (χ3n) is 2.31. The molecule has 0 aliphatic heterocycles. The molecule has 16 heavy (non-hydrogen) atoms. The van der Waals surface area contributed by atoms with E-state index in [1.807, 2.05) is 20.8 Å². The number of hydrogen-bond donors (Lipinski definition) is 1. The Morgan fingerprint density at radius 2 is 2.00 bits per heavy atom. The normalized spacial score (nSPS) is 10.6. The van der Waals surface area contributed by atoms with Crippen LogP contribution < -0.4 is 5.73 Å². The first-order valence-corrected chi connectivity index (χ1v) is 5.20. The number of hydrogen-bond acceptors (Lipinski definition) is 2. The average molecular weight is 233 g/mol. The molecule has 0 fully saturated rings. The zero-order valence-electron chi connectivity index (χ0n) is 9.56. The molecule has 0 amide bonds. The third-order valence-corrected chi connectivity index (χ3v) is 2.70. The van der Waals surface area contributed by atoms with Crippen LogP contribution >= 0.6 is 11.6 Å². The van der Waals surface area contributed by atoms with Gasteiger partial charge in [-0.3, -0.25) is 0 Å². The molecule has 0 atom stereocenters. The van der Waals surface area contributed by atoms with Crippen LogP contribution in [0.1, 0.15) is 37.5 Å². The van der Waals surface area contributed by atoms with Crippen LogP contribution in [0.25, 0.3) is 0 Å². The van der Waals surface area contributed by atoms with E-state index in [0.29, 0.717) is 27.4 Å². The molecule has 0 unspecified atom stereocenters. The lowest BCUT2D eigenvalue weighted by Gasteiger charge is -2.23. The van der Waals surface area contributed by atoms with Crippen molar-refractivity contribution >= 4 is 17.3 Å². The van der Waals surface area contributed by atoms with E-state index in [1.165, 1.54) is 0 Å². The van der Waals surface area contributed by atoms with Crippen LogP contribution in [0.4, 0.5) is 5.69 Å². The van der Waals surface area contributed by atoms with Crippen molar-refractivity contribution in [2.45, 2.75) is 26.2 Å². The fraction of sp³-hybridized carbons (Fsp3) is 0.308. The van der Waals surface area contributed by atoms with Gasteiger partial charge in [-0.1, -0.05) is 38.3 Å². The number of nitrogen functional groups attached to an aromatic ring is 1. The van der Waals surface area contributed by atoms with E-state index in [1.54, 1.807) is 6.07 Å². The molecule has 3 heteroatoms. The molecule has 1 rings (SSSR count). The minimum atomic E-state index is -0.275. The van der Waals surface area contributed by atoms with Crippen molar-refractivity contribution in [3.05, 3.63) is 27.8 Å². The number of halogens is 1. The lowest BCUT2D eigenvalue weighted by molar-refractivity contribution is 0.589. The van der Waals surface area contributed by atoms with Crippen LogP contribution in [-0.4, -0.2) is 0 Å². The summed E-state index contributed by atoms with van der Waals surface area (Å²) in [6.45, 7) is 5.90. The number of benzene rings is 1. The van der Waals surface area contributed by atoms with Gasteiger partial charge in [0.05, 0.1) is 16.3 Å². The van der Waals surface area contributed by atoms with Gasteiger partial charge in [0.25, 0.3) is 0 Å². The Hall–Kier alpha value is -1.64. The summed E-state index contributed by atoms with van der Waals surface area (Å²) in [5, 5.41) is 9.56. The molecule has 0 aromatic heterocycles. The van der Waals surface area contributed by atoms with Crippen molar-refractivity contribution in [3.8, 4) is 18.4 Å². The second-order valence-corrected chi connectivity index (χ2v) is 4.96. The predicted molar refractivity (Wildman–Crippen MR) is 67.2 cm³/mol. The number of nitrogens with zero attached hydrogens (tertiary/aromatic N) is 1. The molecule has 2 N–H and O–H groups in total. The molecular formula is C13H13ClN2. The maximum absolute atomic E-state index is 9.11. The summed E-state index contributed by atoms with van der Waals surface area (Å²) < 4.78 is 0. The summed E-state index contributed by atoms with van der Waals surface area (Å²) in [6, 6.07) is 3.65. The van der Waals surface area contributed by atoms with Crippen molar-refractivity contribution in [2.24, 2.45) is 0 Å². The van der Waals surface area contributed by atoms with E-state index >= 15 is 0 Å². The van der Waals surface area contributed by atoms with E-state index in [-0.39, 0.29) is 5.41 Å². The molecule has 82 valence electrons. The van der Waals surface area contributed by atoms with Gasteiger partial charge in [-0.25, -0.2) is 0 Å². The Kier molecular flexibility index (Phi) is 3.17. The largest absolute Gasteiger partial charge is 0.398 e. The standard InChI is InChI=1S/C13H13ClN2/c1-5-8-6-10(16)9(7-15)11(12(8)14)13(2,3)4/h1,6H,16H2,2-4H3. The van der Waals surface area contributed by atoms with Crippen molar-refractivity contribution < 1.29 is 0 Å². The summed E-state index contributed by atoms with van der Waals surface area (Å²) in [7, 11) is 0. The van der Waals surface area contributed by atoms with Crippen molar-refractivity contribution in [2.75, 3.05) is 5.73 Å². The smallest absolute Gasteiger partial charge is 0.102 e. The second-order valence-electron chi connectivity index (χ2n) is 4.58. The van der Waals surface area contributed by atoms with E-state index in [9.17, 15) is 0 Å². The van der Waals surface area contributed by atoms with Gasteiger partial charge in [-0.15, -0.1) is 6.42 Å². The lowest BCUT2D eigenvalue weighted by Crippen LogP contribution is -2.16. The summed E-state index contributed by atoms with van der Waals surface area (Å²) in [6.07, 6.45) is 5.35. The first kappa shape index (κ1) is 12.4. The van der Waals surface area contributed by atoms with E-state index in [0.717, 1.165) is 0 Å². The minimum Gasteiger partial charge on any atom is -0.398 e. The van der Waals surface area contributed by atoms with Gasteiger partial charge in [-0.05, 0) is 17.0 Å². The first-order chi connectivity index (χ1) is 7.32. The molecule has 0 bridgehead atoms. The van der Waals surface area contributed by atoms with Crippen molar-refractivity contribution in [1.82, 2.24) is 0 Å². The maximum atomic E-state index is 9.11. The molecule has 0 spiro atoms. The summed E-state index contributed by atoms with van der Waals surface area (Å²) >= 11 is 6.20. The first-order valence-electron chi connectivity index (χ1n) is 4.82. The average Bonchev–Trinajstić information content (AvgIpc) is 2.18. The minimum absolute atomic E-state index is 0.275. The van der Waals surface area contributed by atoms with E-state index in [2.05, 4.69) is 12.0 Å². The van der Waals surface area contributed by atoms with Crippen LogP contribution in [-0.2, 0) is 5.41 Å². The number of rotatable bonds is 0. The number of nitrogens with two attached hydrogens (primary N) is 1. The van der Waals surface area contributed by atoms with Gasteiger partial charge < -0.3 is 5.73 Å². The fourth-order valence-electron chi connectivity index (χ4n) is 1.61. The van der Waals surface area contributed by atoms with Crippen LogP contribution in [0.2, 0.25) is 5.02 Å². The zero-order valence-corrected chi connectivity index (χ0v) is 10.3. The lowest BCUT2D eigenvalue weighted by atomic mass is 9.82.